The van der Waals surface area contributed by atoms with E-state index in [1.54, 1.807) is 0 Å². The van der Waals surface area contributed by atoms with Gasteiger partial charge in [-0.3, -0.25) is 4.79 Å². The van der Waals surface area contributed by atoms with E-state index in [2.05, 4.69) is 0 Å². The number of hydrogen-bond acceptors (Lipinski definition) is 4. The summed E-state index contributed by atoms with van der Waals surface area (Å²) in [5.41, 5.74) is 5.72. The van der Waals surface area contributed by atoms with Gasteiger partial charge in [0.25, 0.3) is 0 Å². The Kier molecular flexibility index (Phi) is 7.83. The molecular weight excluding hydrogens is 204 g/mol. The van der Waals surface area contributed by atoms with Crippen molar-refractivity contribution >= 4 is 5.91 Å². The molecule has 0 rings (SSSR count). The van der Waals surface area contributed by atoms with Crippen LogP contribution in [0.2, 0.25) is 0 Å². The third-order valence-electron chi connectivity index (χ3n) is 2.22. The number of nitrogens with zero attached hydrogens (tertiary/aromatic N) is 3. The van der Waals surface area contributed by atoms with Crippen molar-refractivity contribution in [2.24, 2.45) is 5.73 Å². The zero-order valence-electron chi connectivity index (χ0n) is 9.65. The first kappa shape index (κ1) is 14.4. The number of nitriles is 2. The summed E-state index contributed by atoms with van der Waals surface area (Å²) in [4.78, 5) is 13.3. The average Bonchev–Trinajstić information content (AvgIpc) is 2.29. The second kappa shape index (κ2) is 8.70. The maximum atomic E-state index is 11.8. The van der Waals surface area contributed by atoms with Gasteiger partial charge in [-0.15, -0.1) is 0 Å². The predicted molar refractivity (Wildman–Crippen MR) is 59.9 cm³/mol. The SMILES string of the molecule is CCCC(N)C(=O)N(CCC#N)CCC#N. The molecule has 0 aromatic carbocycles. The van der Waals surface area contributed by atoms with Gasteiger partial charge in [-0.05, 0) is 6.42 Å². The van der Waals surface area contributed by atoms with Gasteiger partial charge in [0.1, 0.15) is 0 Å². The van der Waals surface area contributed by atoms with E-state index in [9.17, 15) is 4.79 Å². The number of rotatable bonds is 7. The number of nitrogens with two attached hydrogens (primary N) is 1. The van der Waals surface area contributed by atoms with E-state index in [-0.39, 0.29) is 18.7 Å². The van der Waals surface area contributed by atoms with Gasteiger partial charge in [0, 0.05) is 13.1 Å². The van der Waals surface area contributed by atoms with E-state index in [1.807, 2.05) is 19.1 Å². The zero-order valence-corrected chi connectivity index (χ0v) is 9.65. The fourth-order valence-corrected chi connectivity index (χ4v) is 1.37. The molecule has 0 saturated heterocycles. The molecule has 0 heterocycles. The van der Waals surface area contributed by atoms with Crippen molar-refractivity contribution < 1.29 is 4.79 Å². The topological polar surface area (TPSA) is 93.9 Å². The molecule has 1 amide bonds. The van der Waals surface area contributed by atoms with E-state index in [0.29, 0.717) is 19.5 Å². The number of carbonyl (C=O) groups is 1. The van der Waals surface area contributed by atoms with Crippen LogP contribution in [0.15, 0.2) is 0 Å². The van der Waals surface area contributed by atoms with E-state index < -0.39 is 6.04 Å². The maximum Gasteiger partial charge on any atom is 0.239 e. The average molecular weight is 222 g/mol. The van der Waals surface area contributed by atoms with Crippen LogP contribution in [0.25, 0.3) is 0 Å². The quantitative estimate of drug-likeness (QED) is 0.688. The standard InChI is InChI=1S/C11H18N4O/c1-2-5-10(14)11(16)15(8-3-6-12)9-4-7-13/h10H,2-5,8-9,14H2,1H3. The molecule has 0 aliphatic rings. The summed E-state index contributed by atoms with van der Waals surface area (Å²) in [6.07, 6.45) is 2.03. The van der Waals surface area contributed by atoms with Crippen molar-refractivity contribution in [3.05, 3.63) is 0 Å². The summed E-state index contributed by atoms with van der Waals surface area (Å²) >= 11 is 0. The summed E-state index contributed by atoms with van der Waals surface area (Å²) < 4.78 is 0. The lowest BCUT2D eigenvalue weighted by atomic mass is 10.1. The Morgan fingerprint density at radius 2 is 1.81 bits per heavy atom. The maximum absolute atomic E-state index is 11.8. The van der Waals surface area contributed by atoms with Gasteiger partial charge >= 0.3 is 0 Å². The van der Waals surface area contributed by atoms with Crippen LogP contribution in [-0.4, -0.2) is 29.9 Å². The molecule has 0 spiro atoms. The minimum Gasteiger partial charge on any atom is -0.339 e. The lowest BCUT2D eigenvalue weighted by Crippen LogP contribution is -2.44. The minimum atomic E-state index is -0.512. The summed E-state index contributed by atoms with van der Waals surface area (Å²) in [5.74, 6) is -0.160. The van der Waals surface area contributed by atoms with Crippen LogP contribution in [0.4, 0.5) is 0 Å². The van der Waals surface area contributed by atoms with Crippen LogP contribution in [-0.2, 0) is 4.79 Å². The molecule has 0 aliphatic heterocycles. The number of hydrogen-bond donors (Lipinski definition) is 1. The molecule has 88 valence electrons. The van der Waals surface area contributed by atoms with Crippen LogP contribution in [0.1, 0.15) is 32.6 Å². The summed E-state index contributed by atoms with van der Waals surface area (Å²) in [5, 5.41) is 17.0. The second-order valence-corrected chi connectivity index (χ2v) is 3.54. The molecule has 0 aromatic rings. The Labute approximate surface area is 96.4 Å². The highest BCUT2D eigenvalue weighted by atomic mass is 16.2. The Balaban J connectivity index is 4.31. The third-order valence-corrected chi connectivity index (χ3v) is 2.22. The highest BCUT2D eigenvalue weighted by Crippen LogP contribution is 2.02. The molecule has 0 radical (unpaired) electrons. The molecule has 0 saturated carbocycles. The zero-order chi connectivity index (χ0) is 12.4. The number of amides is 1. The van der Waals surface area contributed by atoms with Gasteiger partial charge in [-0.25, -0.2) is 0 Å². The first-order chi connectivity index (χ1) is 7.67. The first-order valence-electron chi connectivity index (χ1n) is 5.45. The molecular formula is C11H18N4O. The fourth-order valence-electron chi connectivity index (χ4n) is 1.37. The molecule has 5 nitrogen and oxygen atoms in total. The first-order valence-corrected chi connectivity index (χ1v) is 5.45. The predicted octanol–water partition coefficient (Wildman–Crippen LogP) is 0.770. The molecule has 16 heavy (non-hydrogen) atoms. The normalized spacial score (nSPS) is 11.2. The number of carbonyl (C=O) groups excluding carboxylic acids is 1. The lowest BCUT2D eigenvalue weighted by Gasteiger charge is -2.23. The Morgan fingerprint density at radius 1 is 1.31 bits per heavy atom. The van der Waals surface area contributed by atoms with Crippen molar-refractivity contribution in [2.45, 2.75) is 38.6 Å². The van der Waals surface area contributed by atoms with Crippen LogP contribution in [0.5, 0.6) is 0 Å². The van der Waals surface area contributed by atoms with Gasteiger partial charge in [0.05, 0.1) is 31.0 Å². The van der Waals surface area contributed by atoms with Crippen LogP contribution in [0.3, 0.4) is 0 Å². The molecule has 1 atom stereocenters. The molecule has 0 aliphatic carbocycles. The van der Waals surface area contributed by atoms with Crippen molar-refractivity contribution in [3.8, 4) is 12.1 Å². The van der Waals surface area contributed by atoms with Crippen LogP contribution < -0.4 is 5.73 Å². The summed E-state index contributed by atoms with van der Waals surface area (Å²) in [6, 6.07) is 3.45. The third kappa shape index (κ3) is 5.33. The van der Waals surface area contributed by atoms with Gasteiger partial charge in [0.2, 0.25) is 5.91 Å². The van der Waals surface area contributed by atoms with E-state index in [0.717, 1.165) is 6.42 Å². The Hall–Kier alpha value is -1.59. The molecule has 0 aromatic heterocycles. The monoisotopic (exact) mass is 222 g/mol. The van der Waals surface area contributed by atoms with Gasteiger partial charge in [-0.1, -0.05) is 13.3 Å². The molecule has 2 N–H and O–H groups in total. The molecule has 0 bridgehead atoms. The molecule has 5 heteroatoms. The summed E-state index contributed by atoms with van der Waals surface area (Å²) in [6.45, 7) is 2.67. The molecule has 0 fully saturated rings. The van der Waals surface area contributed by atoms with E-state index >= 15 is 0 Å². The van der Waals surface area contributed by atoms with Gasteiger partial charge in [-0.2, -0.15) is 10.5 Å². The van der Waals surface area contributed by atoms with E-state index in [1.165, 1.54) is 4.90 Å². The van der Waals surface area contributed by atoms with Crippen LogP contribution in [0, 0.1) is 22.7 Å². The van der Waals surface area contributed by atoms with Crippen molar-refractivity contribution in [3.63, 3.8) is 0 Å². The van der Waals surface area contributed by atoms with Crippen molar-refractivity contribution in [2.75, 3.05) is 13.1 Å². The second-order valence-electron chi connectivity index (χ2n) is 3.54. The largest absolute Gasteiger partial charge is 0.339 e. The van der Waals surface area contributed by atoms with Crippen LogP contribution >= 0.6 is 0 Å². The van der Waals surface area contributed by atoms with Gasteiger partial charge in [0.15, 0.2) is 0 Å². The minimum absolute atomic E-state index is 0.160. The van der Waals surface area contributed by atoms with Gasteiger partial charge < -0.3 is 10.6 Å². The van der Waals surface area contributed by atoms with E-state index in [4.69, 9.17) is 16.3 Å². The Morgan fingerprint density at radius 3 is 2.19 bits per heavy atom. The summed E-state index contributed by atoms with van der Waals surface area (Å²) in [7, 11) is 0. The fraction of sp³-hybridized carbons (Fsp3) is 0.727. The van der Waals surface area contributed by atoms with Crippen molar-refractivity contribution in [1.82, 2.24) is 4.90 Å². The Bertz CT molecular complexity index is 271. The lowest BCUT2D eigenvalue weighted by molar-refractivity contribution is -0.132. The molecule has 1 unspecified atom stereocenters. The smallest absolute Gasteiger partial charge is 0.239 e. The highest BCUT2D eigenvalue weighted by molar-refractivity contribution is 5.81. The van der Waals surface area contributed by atoms with Crippen molar-refractivity contribution in [1.29, 1.82) is 10.5 Å². The highest BCUT2D eigenvalue weighted by Gasteiger charge is 2.19.